The molecule has 2 aliphatic carbocycles. The second kappa shape index (κ2) is 7.58. The fraction of sp³-hybridized carbons (Fsp3) is 0.409. The minimum Gasteiger partial charge on any atom is -0.324 e. The lowest BCUT2D eigenvalue weighted by Crippen LogP contribution is -2.35. The molecule has 2 aromatic carbocycles. The van der Waals surface area contributed by atoms with E-state index in [2.05, 4.69) is 34.5 Å². The number of fused-ring (bicyclic) bond motifs is 1. The van der Waals surface area contributed by atoms with Crippen LogP contribution in [0.25, 0.3) is 0 Å². The molecule has 0 saturated heterocycles. The number of amides is 1. The zero-order valence-corrected chi connectivity index (χ0v) is 15.0. The molecule has 4 heteroatoms. The summed E-state index contributed by atoms with van der Waals surface area (Å²) in [5, 5.41) is 2.71. The lowest BCUT2D eigenvalue weighted by molar-refractivity contribution is -0.116. The molecule has 1 saturated carbocycles. The maximum atomic E-state index is 13.7. The van der Waals surface area contributed by atoms with Crippen LogP contribution in [0.15, 0.2) is 48.5 Å². The average molecular weight is 352 g/mol. The van der Waals surface area contributed by atoms with Gasteiger partial charge in [0.25, 0.3) is 0 Å². The number of hydrogen-bond acceptors (Lipinski definition) is 2. The number of rotatable bonds is 6. The van der Waals surface area contributed by atoms with E-state index in [0.717, 1.165) is 19.4 Å². The van der Waals surface area contributed by atoms with Gasteiger partial charge in [0.15, 0.2) is 0 Å². The largest absolute Gasteiger partial charge is 0.324 e. The Balaban J connectivity index is 1.42. The van der Waals surface area contributed by atoms with Crippen LogP contribution in [-0.4, -0.2) is 23.4 Å². The molecule has 0 aromatic heterocycles. The highest BCUT2D eigenvalue weighted by molar-refractivity contribution is 5.90. The van der Waals surface area contributed by atoms with Crippen LogP contribution in [0.1, 0.15) is 49.3 Å². The minimum atomic E-state index is -0.388. The third-order valence-electron chi connectivity index (χ3n) is 5.50. The van der Waals surface area contributed by atoms with Gasteiger partial charge in [-0.3, -0.25) is 9.69 Å². The van der Waals surface area contributed by atoms with Gasteiger partial charge in [-0.15, -0.1) is 0 Å². The van der Waals surface area contributed by atoms with Crippen LogP contribution in [-0.2, 0) is 11.2 Å². The van der Waals surface area contributed by atoms with Crippen molar-refractivity contribution >= 4 is 11.6 Å². The fourth-order valence-electron chi connectivity index (χ4n) is 4.08. The third-order valence-corrected chi connectivity index (χ3v) is 5.50. The van der Waals surface area contributed by atoms with Crippen molar-refractivity contribution in [3.8, 4) is 0 Å². The Morgan fingerprint density at radius 1 is 1.08 bits per heavy atom. The molecule has 2 aromatic rings. The van der Waals surface area contributed by atoms with Crippen molar-refractivity contribution in [3.63, 3.8) is 0 Å². The first-order valence-electron chi connectivity index (χ1n) is 9.60. The number of benzene rings is 2. The van der Waals surface area contributed by atoms with Crippen LogP contribution in [0.2, 0.25) is 0 Å². The molecule has 1 atom stereocenters. The van der Waals surface area contributed by atoms with Crippen molar-refractivity contribution < 1.29 is 9.18 Å². The second-order valence-corrected chi connectivity index (χ2v) is 7.35. The van der Waals surface area contributed by atoms with E-state index in [9.17, 15) is 9.18 Å². The molecule has 1 amide bonds. The van der Waals surface area contributed by atoms with Gasteiger partial charge in [0.1, 0.15) is 5.82 Å². The van der Waals surface area contributed by atoms with Gasteiger partial charge in [0.2, 0.25) is 5.91 Å². The van der Waals surface area contributed by atoms with Gasteiger partial charge < -0.3 is 5.32 Å². The van der Waals surface area contributed by atoms with Crippen LogP contribution in [0.3, 0.4) is 0 Å². The van der Waals surface area contributed by atoms with E-state index >= 15 is 0 Å². The van der Waals surface area contributed by atoms with E-state index in [1.54, 1.807) is 18.2 Å². The Labute approximate surface area is 154 Å². The van der Waals surface area contributed by atoms with Gasteiger partial charge in [0.05, 0.1) is 5.69 Å². The van der Waals surface area contributed by atoms with Crippen molar-refractivity contribution in [1.82, 2.24) is 4.90 Å². The van der Waals surface area contributed by atoms with E-state index in [0.29, 0.717) is 18.5 Å². The second-order valence-electron chi connectivity index (χ2n) is 7.35. The maximum Gasteiger partial charge on any atom is 0.225 e. The first kappa shape index (κ1) is 17.2. The monoisotopic (exact) mass is 352 g/mol. The summed E-state index contributed by atoms with van der Waals surface area (Å²) in [4.78, 5) is 14.8. The number of carbonyl (C=O) groups is 1. The maximum absolute atomic E-state index is 13.7. The van der Waals surface area contributed by atoms with Crippen molar-refractivity contribution in [2.45, 2.75) is 50.6 Å². The lowest BCUT2D eigenvalue weighted by atomic mass is 9.86. The molecule has 3 nitrogen and oxygen atoms in total. The highest BCUT2D eigenvalue weighted by atomic mass is 19.1. The van der Waals surface area contributed by atoms with E-state index < -0.39 is 0 Å². The van der Waals surface area contributed by atoms with Crippen molar-refractivity contribution in [3.05, 3.63) is 65.5 Å². The molecule has 0 heterocycles. The number of hydrogen-bond donors (Lipinski definition) is 1. The van der Waals surface area contributed by atoms with E-state index in [-0.39, 0.29) is 17.4 Å². The molecule has 1 N–H and O–H groups in total. The molecule has 0 spiro atoms. The Kier molecular flexibility index (Phi) is 5.02. The molecule has 0 radical (unpaired) electrons. The number of nitrogens with one attached hydrogen (secondary N) is 1. The smallest absolute Gasteiger partial charge is 0.225 e. The number of carbonyl (C=O) groups excluding carboxylic acids is 1. The molecule has 136 valence electrons. The van der Waals surface area contributed by atoms with Crippen LogP contribution in [0.5, 0.6) is 0 Å². The highest BCUT2D eigenvalue weighted by Gasteiger charge is 2.36. The Bertz CT molecular complexity index is 787. The van der Waals surface area contributed by atoms with Crippen LogP contribution in [0, 0.1) is 5.82 Å². The standard InChI is InChI=1S/C22H25FN2O/c23-19-9-3-4-10-20(19)24-22(26)14-15-25(17-12-13-17)21-11-5-7-16-6-1-2-8-18(16)21/h1-4,6,8-10,17,21H,5,7,11-15H2,(H,24,26). The van der Waals surface area contributed by atoms with Gasteiger partial charge in [-0.05, 0) is 55.4 Å². The van der Waals surface area contributed by atoms with E-state index in [1.807, 2.05) is 0 Å². The first-order chi connectivity index (χ1) is 12.7. The van der Waals surface area contributed by atoms with Crippen molar-refractivity contribution in [1.29, 1.82) is 0 Å². The summed E-state index contributed by atoms with van der Waals surface area (Å²) >= 11 is 0. The molecule has 26 heavy (non-hydrogen) atoms. The van der Waals surface area contributed by atoms with Crippen molar-refractivity contribution in [2.24, 2.45) is 0 Å². The van der Waals surface area contributed by atoms with Gasteiger partial charge in [-0.1, -0.05) is 36.4 Å². The topological polar surface area (TPSA) is 32.3 Å². The van der Waals surface area contributed by atoms with Gasteiger partial charge in [0, 0.05) is 25.0 Å². The SMILES string of the molecule is O=C(CCN(C1CC1)C1CCCc2ccccc21)Nc1ccccc1F. The number of anilines is 1. The molecule has 4 rings (SSSR count). The Morgan fingerprint density at radius 3 is 2.65 bits per heavy atom. The zero-order valence-electron chi connectivity index (χ0n) is 15.0. The summed E-state index contributed by atoms with van der Waals surface area (Å²) in [7, 11) is 0. The summed E-state index contributed by atoms with van der Waals surface area (Å²) in [5.74, 6) is -0.508. The highest BCUT2D eigenvalue weighted by Crippen LogP contribution is 2.40. The molecule has 0 aliphatic heterocycles. The quantitative estimate of drug-likeness (QED) is 0.817. The molecule has 2 aliphatic rings. The lowest BCUT2D eigenvalue weighted by Gasteiger charge is -2.36. The predicted molar refractivity (Wildman–Crippen MR) is 101 cm³/mol. The fourth-order valence-corrected chi connectivity index (χ4v) is 4.08. The summed E-state index contributed by atoms with van der Waals surface area (Å²) in [6.07, 6.45) is 6.33. The van der Waals surface area contributed by atoms with E-state index in [4.69, 9.17) is 0 Å². The number of para-hydroxylation sites is 1. The van der Waals surface area contributed by atoms with Crippen molar-refractivity contribution in [2.75, 3.05) is 11.9 Å². The van der Waals surface area contributed by atoms with Crippen LogP contribution >= 0.6 is 0 Å². The Hall–Kier alpha value is -2.20. The van der Waals surface area contributed by atoms with Crippen LogP contribution < -0.4 is 5.32 Å². The van der Waals surface area contributed by atoms with Gasteiger partial charge in [-0.25, -0.2) is 4.39 Å². The molecule has 0 bridgehead atoms. The van der Waals surface area contributed by atoms with E-state index in [1.165, 1.54) is 36.5 Å². The van der Waals surface area contributed by atoms with Gasteiger partial charge in [-0.2, -0.15) is 0 Å². The summed E-state index contributed by atoms with van der Waals surface area (Å²) in [6, 6.07) is 16.0. The zero-order chi connectivity index (χ0) is 17.9. The molecular weight excluding hydrogens is 327 g/mol. The summed E-state index contributed by atoms with van der Waals surface area (Å²) in [5.41, 5.74) is 3.14. The number of nitrogens with zero attached hydrogens (tertiary/aromatic N) is 1. The minimum absolute atomic E-state index is 0.121. The number of aryl methyl sites for hydroxylation is 1. The average Bonchev–Trinajstić information content (AvgIpc) is 3.49. The summed E-state index contributed by atoms with van der Waals surface area (Å²) < 4.78 is 13.7. The molecule has 1 unspecified atom stereocenters. The Morgan fingerprint density at radius 2 is 1.85 bits per heavy atom. The molecule has 1 fully saturated rings. The van der Waals surface area contributed by atoms with Gasteiger partial charge >= 0.3 is 0 Å². The predicted octanol–water partition coefficient (Wildman–Crippen LogP) is 4.70. The normalized spacial score (nSPS) is 19.2. The summed E-state index contributed by atoms with van der Waals surface area (Å²) in [6.45, 7) is 0.726. The first-order valence-corrected chi connectivity index (χ1v) is 9.60. The number of halogens is 1. The molecular formula is C22H25FN2O. The van der Waals surface area contributed by atoms with Crippen LogP contribution in [0.4, 0.5) is 10.1 Å². The third kappa shape index (κ3) is 3.80.